The first-order valence-corrected chi connectivity index (χ1v) is 12.2. The van der Waals surface area contributed by atoms with Crippen molar-refractivity contribution in [2.24, 2.45) is 5.92 Å². The number of nitrogens with one attached hydrogen (secondary N) is 1. The summed E-state index contributed by atoms with van der Waals surface area (Å²) in [5.74, 6) is 0.323. The van der Waals surface area contributed by atoms with E-state index >= 15 is 0 Å². The number of H-pyrrole nitrogens is 1. The van der Waals surface area contributed by atoms with E-state index in [0.29, 0.717) is 5.92 Å². The average molecular weight is 460 g/mol. The molecular weight excluding hydrogens is 426 g/mol. The second-order valence-electron chi connectivity index (χ2n) is 8.82. The largest absolute Gasteiger partial charge is 0.278 e. The molecular formula is C32H33N3. The lowest BCUT2D eigenvalue weighted by atomic mass is 9.86. The molecule has 1 unspecified atom stereocenters. The number of aryl methyl sites for hydroxylation is 2. The number of hydrogen-bond acceptors (Lipinski definition) is 2. The molecule has 1 atom stereocenters. The van der Waals surface area contributed by atoms with Crippen molar-refractivity contribution in [3.05, 3.63) is 137 Å². The number of nitrogens with zero attached hydrogens (tertiary/aromatic N) is 2. The van der Waals surface area contributed by atoms with Crippen LogP contribution in [0.2, 0.25) is 0 Å². The highest BCUT2D eigenvalue weighted by molar-refractivity contribution is 5.79. The van der Waals surface area contributed by atoms with Crippen molar-refractivity contribution in [2.75, 3.05) is 0 Å². The Morgan fingerprint density at radius 2 is 1.94 bits per heavy atom. The molecule has 4 rings (SSSR count). The van der Waals surface area contributed by atoms with E-state index in [1.165, 1.54) is 33.4 Å². The van der Waals surface area contributed by atoms with E-state index < -0.39 is 0 Å². The van der Waals surface area contributed by atoms with Gasteiger partial charge in [-0.1, -0.05) is 72.9 Å². The molecule has 0 fully saturated rings. The summed E-state index contributed by atoms with van der Waals surface area (Å²) >= 11 is 0. The predicted octanol–water partition coefficient (Wildman–Crippen LogP) is 7.93. The van der Waals surface area contributed by atoms with Crippen LogP contribution < -0.4 is 0 Å². The zero-order valence-electron chi connectivity index (χ0n) is 20.6. The van der Waals surface area contributed by atoms with Crippen LogP contribution in [0.15, 0.2) is 109 Å². The Morgan fingerprint density at radius 1 is 1.11 bits per heavy atom. The van der Waals surface area contributed by atoms with Crippen LogP contribution in [0, 0.1) is 12.8 Å². The zero-order valence-corrected chi connectivity index (χ0v) is 20.6. The van der Waals surface area contributed by atoms with Crippen LogP contribution in [-0.4, -0.2) is 15.2 Å². The van der Waals surface area contributed by atoms with Gasteiger partial charge in [0.15, 0.2) is 0 Å². The second kappa shape index (κ2) is 11.9. The van der Waals surface area contributed by atoms with E-state index in [9.17, 15) is 0 Å². The van der Waals surface area contributed by atoms with Gasteiger partial charge in [-0.15, -0.1) is 0 Å². The van der Waals surface area contributed by atoms with Crippen LogP contribution in [0.1, 0.15) is 47.8 Å². The maximum Gasteiger partial charge on any atom is 0.0851 e. The molecule has 2 heterocycles. The van der Waals surface area contributed by atoms with Gasteiger partial charge < -0.3 is 0 Å². The van der Waals surface area contributed by atoms with Gasteiger partial charge in [0.1, 0.15) is 0 Å². The van der Waals surface area contributed by atoms with E-state index in [4.69, 9.17) is 0 Å². The zero-order chi connectivity index (χ0) is 24.5. The average Bonchev–Trinajstić information content (AvgIpc) is 3.36. The minimum absolute atomic E-state index is 0.323. The molecule has 176 valence electrons. The smallest absolute Gasteiger partial charge is 0.0851 e. The van der Waals surface area contributed by atoms with Crippen LogP contribution >= 0.6 is 0 Å². The van der Waals surface area contributed by atoms with E-state index in [1.54, 1.807) is 0 Å². The number of hydrogen-bond donors (Lipinski definition) is 1. The molecule has 2 aromatic heterocycles. The third-order valence-corrected chi connectivity index (χ3v) is 6.43. The first-order valence-electron chi connectivity index (χ1n) is 12.2. The molecule has 1 aliphatic carbocycles. The number of aromatic nitrogens is 3. The molecule has 3 heteroatoms. The summed E-state index contributed by atoms with van der Waals surface area (Å²) in [6, 6.07) is 14.7. The third kappa shape index (κ3) is 6.54. The lowest BCUT2D eigenvalue weighted by Crippen LogP contribution is -2.04. The van der Waals surface area contributed by atoms with Crippen molar-refractivity contribution >= 4 is 17.7 Å². The van der Waals surface area contributed by atoms with Crippen molar-refractivity contribution in [1.29, 1.82) is 0 Å². The molecule has 3 aromatic rings. The Labute approximate surface area is 209 Å². The summed E-state index contributed by atoms with van der Waals surface area (Å²) in [6.45, 7) is 8.26. The summed E-state index contributed by atoms with van der Waals surface area (Å²) in [5, 5.41) is 7.61. The summed E-state index contributed by atoms with van der Waals surface area (Å²) in [6.07, 6.45) is 24.1. The molecule has 1 aromatic carbocycles. The Balaban J connectivity index is 1.37. The molecule has 0 aliphatic heterocycles. The standard InChI is InChI=1S/C32H33N3/c1-4-27(32-9-7-6-8-24(32)3)14-16-30-23-31(35-34-30)17-15-29-13-12-26(22-28(29)5-2)11-10-25-18-20-33-21-19-25/h4-9,12,14-23,29H,2,10-11,13H2,1,3H3,(H,34,35)/b16-14+,17-15+,27-4-. The fourth-order valence-corrected chi connectivity index (χ4v) is 4.36. The van der Waals surface area contributed by atoms with Gasteiger partial charge in [0.25, 0.3) is 0 Å². The van der Waals surface area contributed by atoms with Gasteiger partial charge in [0.05, 0.1) is 11.4 Å². The quantitative estimate of drug-likeness (QED) is 0.330. The maximum absolute atomic E-state index is 4.48. The van der Waals surface area contributed by atoms with Crippen molar-refractivity contribution in [3.8, 4) is 0 Å². The number of allylic oxidation sites excluding steroid dienone is 9. The lowest BCUT2D eigenvalue weighted by molar-refractivity contribution is 0.768. The van der Waals surface area contributed by atoms with Crippen molar-refractivity contribution in [3.63, 3.8) is 0 Å². The Kier molecular flexibility index (Phi) is 8.24. The molecule has 0 bridgehead atoms. The highest BCUT2D eigenvalue weighted by Gasteiger charge is 2.13. The predicted molar refractivity (Wildman–Crippen MR) is 149 cm³/mol. The second-order valence-corrected chi connectivity index (χ2v) is 8.82. The van der Waals surface area contributed by atoms with Crippen LogP contribution in [0.3, 0.4) is 0 Å². The van der Waals surface area contributed by atoms with Crippen molar-refractivity contribution < 1.29 is 0 Å². The molecule has 0 amide bonds. The van der Waals surface area contributed by atoms with Gasteiger partial charge in [0, 0.05) is 18.3 Å². The number of aromatic amines is 1. The first kappa shape index (κ1) is 24.2. The number of pyridine rings is 1. The Bertz CT molecular complexity index is 1300. The highest BCUT2D eigenvalue weighted by atomic mass is 15.1. The van der Waals surface area contributed by atoms with Crippen LogP contribution in [-0.2, 0) is 6.42 Å². The Hall–Kier alpha value is -3.98. The van der Waals surface area contributed by atoms with Crippen LogP contribution in [0.25, 0.3) is 17.7 Å². The molecule has 0 saturated carbocycles. The Morgan fingerprint density at radius 3 is 2.71 bits per heavy atom. The summed E-state index contributed by atoms with van der Waals surface area (Å²) in [5.41, 5.74) is 9.59. The van der Waals surface area contributed by atoms with Gasteiger partial charge in [0.2, 0.25) is 0 Å². The van der Waals surface area contributed by atoms with E-state index in [1.807, 2.05) is 18.5 Å². The fraction of sp³-hybridized carbons (Fsp3) is 0.188. The van der Waals surface area contributed by atoms with Gasteiger partial charge in [-0.25, -0.2) is 0 Å². The van der Waals surface area contributed by atoms with Crippen LogP contribution in [0.5, 0.6) is 0 Å². The summed E-state index contributed by atoms with van der Waals surface area (Å²) in [4.78, 5) is 4.10. The van der Waals surface area contributed by atoms with Gasteiger partial charge in [-0.05, 0) is 91.3 Å². The third-order valence-electron chi connectivity index (χ3n) is 6.43. The minimum Gasteiger partial charge on any atom is -0.278 e. The van der Waals surface area contributed by atoms with E-state index in [2.05, 4.69) is 121 Å². The molecule has 35 heavy (non-hydrogen) atoms. The van der Waals surface area contributed by atoms with E-state index in [-0.39, 0.29) is 0 Å². The minimum atomic E-state index is 0.323. The normalized spacial score (nSPS) is 16.5. The number of rotatable bonds is 9. The summed E-state index contributed by atoms with van der Waals surface area (Å²) in [7, 11) is 0. The van der Waals surface area contributed by atoms with Gasteiger partial charge >= 0.3 is 0 Å². The SMILES string of the molecule is C=CC1=CC(CCc2ccncc2)=CCC1/C=C/c1cc(/C=C/C(=C/C)c2ccccc2C)[nH]n1. The van der Waals surface area contributed by atoms with Crippen molar-refractivity contribution in [2.45, 2.75) is 33.1 Å². The maximum atomic E-state index is 4.48. The molecule has 0 saturated heterocycles. The molecule has 0 radical (unpaired) electrons. The monoisotopic (exact) mass is 459 g/mol. The van der Waals surface area contributed by atoms with Crippen LogP contribution in [0.4, 0.5) is 0 Å². The topological polar surface area (TPSA) is 41.6 Å². The molecule has 3 nitrogen and oxygen atoms in total. The fourth-order valence-electron chi connectivity index (χ4n) is 4.36. The molecule has 0 spiro atoms. The molecule has 1 N–H and O–H groups in total. The lowest BCUT2D eigenvalue weighted by Gasteiger charge is -2.19. The first-order chi connectivity index (χ1) is 17.2. The van der Waals surface area contributed by atoms with Gasteiger partial charge in [-0.3, -0.25) is 10.1 Å². The van der Waals surface area contributed by atoms with Crippen molar-refractivity contribution in [1.82, 2.24) is 15.2 Å². The van der Waals surface area contributed by atoms with E-state index in [0.717, 1.165) is 30.7 Å². The van der Waals surface area contributed by atoms with Gasteiger partial charge in [-0.2, -0.15) is 5.10 Å². The highest BCUT2D eigenvalue weighted by Crippen LogP contribution is 2.29. The summed E-state index contributed by atoms with van der Waals surface area (Å²) < 4.78 is 0. The molecule has 1 aliphatic rings. The number of benzene rings is 1.